The summed E-state index contributed by atoms with van der Waals surface area (Å²) < 4.78 is 0. The smallest absolute Gasteiger partial charge is 0.00766 e. The van der Waals surface area contributed by atoms with Crippen LogP contribution in [-0.4, -0.2) is 19.1 Å². The van der Waals surface area contributed by atoms with Gasteiger partial charge in [0.15, 0.2) is 0 Å². The largest absolute Gasteiger partial charge is 0.327 e. The number of rotatable bonds is 0. The van der Waals surface area contributed by atoms with Crippen LogP contribution in [0.4, 0.5) is 0 Å². The van der Waals surface area contributed by atoms with Crippen molar-refractivity contribution in [2.24, 2.45) is 39.7 Å². The molecule has 0 aromatic heterocycles. The summed E-state index contributed by atoms with van der Waals surface area (Å²) in [5.74, 6) is 2.83. The lowest BCUT2D eigenvalue weighted by Crippen LogP contribution is -2.57. The van der Waals surface area contributed by atoms with Gasteiger partial charge >= 0.3 is 0 Å². The molecular formula is C21H34N2. The van der Waals surface area contributed by atoms with Crippen molar-refractivity contribution in [1.82, 2.24) is 5.32 Å². The van der Waals surface area contributed by atoms with Crippen molar-refractivity contribution in [3.8, 4) is 0 Å². The van der Waals surface area contributed by atoms with Crippen molar-refractivity contribution in [2.75, 3.05) is 13.1 Å². The molecule has 0 radical (unpaired) electrons. The van der Waals surface area contributed by atoms with Crippen LogP contribution in [0.3, 0.4) is 0 Å². The Balaban J connectivity index is 1.56. The molecule has 3 N–H and O–H groups in total. The lowest BCUT2D eigenvalue weighted by atomic mass is 9.41. The van der Waals surface area contributed by atoms with Gasteiger partial charge in [-0.1, -0.05) is 25.5 Å². The highest BCUT2D eigenvalue weighted by molar-refractivity contribution is 5.28. The van der Waals surface area contributed by atoms with Gasteiger partial charge in [0.1, 0.15) is 0 Å². The zero-order valence-corrected chi connectivity index (χ0v) is 15.0. The molecule has 2 nitrogen and oxygen atoms in total. The van der Waals surface area contributed by atoms with Gasteiger partial charge in [0.25, 0.3) is 0 Å². The Bertz CT molecular complexity index is 554. The summed E-state index contributed by atoms with van der Waals surface area (Å²) in [6.07, 6.45) is 13.7. The predicted octanol–water partition coefficient (Wildman–Crippen LogP) is 3.87. The summed E-state index contributed by atoms with van der Waals surface area (Å²) >= 11 is 0. The van der Waals surface area contributed by atoms with Crippen molar-refractivity contribution in [3.05, 3.63) is 11.6 Å². The van der Waals surface area contributed by atoms with Crippen molar-refractivity contribution < 1.29 is 0 Å². The van der Waals surface area contributed by atoms with Gasteiger partial charge in [-0.3, -0.25) is 0 Å². The Morgan fingerprint density at radius 1 is 1.09 bits per heavy atom. The van der Waals surface area contributed by atoms with E-state index in [0.29, 0.717) is 22.3 Å². The summed E-state index contributed by atoms with van der Waals surface area (Å²) in [7, 11) is 0. The maximum Gasteiger partial charge on any atom is 0.00766 e. The quantitative estimate of drug-likeness (QED) is 0.666. The highest BCUT2D eigenvalue weighted by Gasteiger charge is 2.65. The summed E-state index contributed by atoms with van der Waals surface area (Å²) in [5.41, 5.74) is 9.68. The Hall–Kier alpha value is -0.340. The van der Waals surface area contributed by atoms with E-state index in [1.54, 1.807) is 5.57 Å². The third-order valence-electron chi connectivity index (χ3n) is 9.45. The summed E-state index contributed by atoms with van der Waals surface area (Å²) in [6, 6.07) is 0.420. The molecule has 1 spiro atoms. The first-order chi connectivity index (χ1) is 11.0. The predicted molar refractivity (Wildman–Crippen MR) is 95.0 cm³/mol. The van der Waals surface area contributed by atoms with Crippen molar-refractivity contribution in [2.45, 2.75) is 71.3 Å². The van der Waals surface area contributed by atoms with Gasteiger partial charge in [0.2, 0.25) is 0 Å². The minimum absolute atomic E-state index is 0.420. The molecule has 1 saturated heterocycles. The maximum absolute atomic E-state index is 6.31. The fourth-order valence-electron chi connectivity index (χ4n) is 8.37. The molecule has 23 heavy (non-hydrogen) atoms. The van der Waals surface area contributed by atoms with E-state index in [2.05, 4.69) is 25.2 Å². The second kappa shape index (κ2) is 4.64. The highest BCUT2D eigenvalue weighted by atomic mass is 15.0. The molecule has 1 aliphatic heterocycles. The molecule has 5 rings (SSSR count). The van der Waals surface area contributed by atoms with E-state index in [9.17, 15) is 0 Å². The van der Waals surface area contributed by atoms with Crippen molar-refractivity contribution >= 4 is 0 Å². The molecule has 0 aromatic carbocycles. The minimum atomic E-state index is 0.420. The van der Waals surface area contributed by atoms with E-state index in [4.69, 9.17) is 5.73 Å². The van der Waals surface area contributed by atoms with Crippen LogP contribution in [0.25, 0.3) is 0 Å². The monoisotopic (exact) mass is 314 g/mol. The molecule has 7 unspecified atom stereocenters. The summed E-state index contributed by atoms with van der Waals surface area (Å²) in [6.45, 7) is 7.88. The standard InChI is InChI=1S/C21H34N2/c1-19-9-6-16(22)11-14(19)5-8-20(2)17(19)7-10-21-13-23-12-15(21)3-4-18(20)21/h5,15-18,23H,3-4,6-13,22H2,1-2H3. The molecule has 4 aliphatic carbocycles. The molecule has 0 bridgehead atoms. The van der Waals surface area contributed by atoms with Crippen LogP contribution in [0, 0.1) is 34.0 Å². The van der Waals surface area contributed by atoms with Crippen LogP contribution < -0.4 is 11.1 Å². The molecule has 0 aromatic rings. The van der Waals surface area contributed by atoms with E-state index in [1.165, 1.54) is 64.5 Å². The summed E-state index contributed by atoms with van der Waals surface area (Å²) in [4.78, 5) is 0. The average molecular weight is 315 g/mol. The lowest BCUT2D eigenvalue weighted by Gasteiger charge is -2.63. The molecular weight excluding hydrogens is 280 g/mol. The van der Waals surface area contributed by atoms with Gasteiger partial charge in [-0.2, -0.15) is 0 Å². The van der Waals surface area contributed by atoms with Crippen molar-refractivity contribution in [1.29, 1.82) is 0 Å². The number of allylic oxidation sites excluding steroid dienone is 1. The Kier molecular flexibility index (Phi) is 3.01. The number of nitrogens with two attached hydrogens (primary N) is 1. The zero-order valence-electron chi connectivity index (χ0n) is 15.0. The van der Waals surface area contributed by atoms with Crippen LogP contribution in [0.15, 0.2) is 11.6 Å². The van der Waals surface area contributed by atoms with Gasteiger partial charge in [0, 0.05) is 12.6 Å². The molecule has 4 fully saturated rings. The van der Waals surface area contributed by atoms with E-state index in [-0.39, 0.29) is 0 Å². The van der Waals surface area contributed by atoms with E-state index in [1.807, 2.05) is 0 Å². The third kappa shape index (κ3) is 1.73. The maximum atomic E-state index is 6.31. The number of nitrogens with one attached hydrogen (secondary N) is 1. The topological polar surface area (TPSA) is 38.0 Å². The third-order valence-corrected chi connectivity index (χ3v) is 9.45. The molecule has 128 valence electrons. The van der Waals surface area contributed by atoms with Crippen LogP contribution >= 0.6 is 0 Å². The zero-order chi connectivity index (χ0) is 15.9. The van der Waals surface area contributed by atoms with Gasteiger partial charge in [-0.05, 0) is 91.9 Å². The number of hydrogen-bond acceptors (Lipinski definition) is 2. The molecule has 5 aliphatic rings. The van der Waals surface area contributed by atoms with E-state index in [0.717, 1.165) is 17.8 Å². The second-order valence-electron chi connectivity index (χ2n) is 10.1. The van der Waals surface area contributed by atoms with Crippen LogP contribution in [0.5, 0.6) is 0 Å². The Morgan fingerprint density at radius 2 is 1.96 bits per heavy atom. The number of hydrogen-bond donors (Lipinski definition) is 2. The average Bonchev–Trinajstić information content (AvgIpc) is 3.06. The molecule has 3 saturated carbocycles. The van der Waals surface area contributed by atoms with Crippen LogP contribution in [0.1, 0.15) is 65.2 Å². The minimum Gasteiger partial charge on any atom is -0.327 e. The lowest BCUT2D eigenvalue weighted by molar-refractivity contribution is -0.101. The van der Waals surface area contributed by atoms with Crippen molar-refractivity contribution in [3.63, 3.8) is 0 Å². The molecule has 2 heteroatoms. The Labute approximate surface area is 141 Å². The Morgan fingerprint density at radius 3 is 2.83 bits per heavy atom. The van der Waals surface area contributed by atoms with Crippen LogP contribution in [-0.2, 0) is 0 Å². The van der Waals surface area contributed by atoms with E-state index < -0.39 is 0 Å². The highest BCUT2D eigenvalue weighted by Crippen LogP contribution is 2.71. The van der Waals surface area contributed by atoms with Gasteiger partial charge < -0.3 is 11.1 Å². The van der Waals surface area contributed by atoms with E-state index >= 15 is 0 Å². The van der Waals surface area contributed by atoms with Gasteiger partial charge in [0.05, 0.1) is 0 Å². The first kappa shape index (κ1) is 15.0. The number of fused-ring (bicyclic) bond motifs is 4. The molecule has 0 amide bonds. The first-order valence-corrected chi connectivity index (χ1v) is 10.1. The molecule has 7 atom stereocenters. The van der Waals surface area contributed by atoms with Gasteiger partial charge in [-0.25, -0.2) is 0 Å². The fraction of sp³-hybridized carbons (Fsp3) is 0.905. The van der Waals surface area contributed by atoms with Gasteiger partial charge in [-0.15, -0.1) is 0 Å². The summed E-state index contributed by atoms with van der Waals surface area (Å²) in [5, 5.41) is 3.77. The molecule has 1 heterocycles. The first-order valence-electron chi connectivity index (χ1n) is 10.1. The second-order valence-corrected chi connectivity index (χ2v) is 10.1. The van der Waals surface area contributed by atoms with Crippen LogP contribution in [0.2, 0.25) is 0 Å². The normalized spacial score (nSPS) is 58.0. The SMILES string of the molecule is CC12CCC(N)CC1=CCC1(C)C2CCC23CNCC2CCC13. The fourth-order valence-corrected chi connectivity index (χ4v) is 8.37.